The summed E-state index contributed by atoms with van der Waals surface area (Å²) in [7, 11) is 0. The summed E-state index contributed by atoms with van der Waals surface area (Å²) in [6.07, 6.45) is 5.48. The summed E-state index contributed by atoms with van der Waals surface area (Å²) in [5.41, 5.74) is 1.38. The van der Waals surface area contributed by atoms with Gasteiger partial charge in [0.15, 0.2) is 0 Å². The standard InChI is InChI=1S/C15H27NO/c1-12(2)14-4-6-15(7-5-14)13(3)16-8-10-17-11-9-16/h12,14-15H,3-11H2,1-2H3. The maximum Gasteiger partial charge on any atom is 0.0642 e. The molecule has 0 unspecified atom stereocenters. The molecule has 0 amide bonds. The number of allylic oxidation sites excluding steroid dienone is 1. The lowest BCUT2D eigenvalue weighted by Gasteiger charge is -2.38. The van der Waals surface area contributed by atoms with Crippen molar-refractivity contribution in [2.45, 2.75) is 39.5 Å². The molecule has 2 heteroatoms. The second-order valence-corrected chi connectivity index (χ2v) is 5.95. The highest BCUT2D eigenvalue weighted by Gasteiger charge is 2.27. The zero-order valence-corrected chi connectivity index (χ0v) is 11.5. The molecule has 1 saturated carbocycles. The highest BCUT2D eigenvalue weighted by Crippen LogP contribution is 2.37. The van der Waals surface area contributed by atoms with E-state index in [1.54, 1.807) is 0 Å². The van der Waals surface area contributed by atoms with Gasteiger partial charge < -0.3 is 9.64 Å². The number of hydrogen-bond acceptors (Lipinski definition) is 2. The van der Waals surface area contributed by atoms with E-state index in [2.05, 4.69) is 25.3 Å². The number of morpholine rings is 1. The quantitative estimate of drug-likeness (QED) is 0.747. The predicted octanol–water partition coefficient (Wildman–Crippen LogP) is 3.29. The summed E-state index contributed by atoms with van der Waals surface area (Å²) in [6, 6.07) is 0. The summed E-state index contributed by atoms with van der Waals surface area (Å²) < 4.78 is 5.40. The first kappa shape index (κ1) is 12.9. The van der Waals surface area contributed by atoms with Crippen molar-refractivity contribution in [3.8, 4) is 0 Å². The van der Waals surface area contributed by atoms with Crippen LogP contribution in [0.3, 0.4) is 0 Å². The number of ether oxygens (including phenoxy) is 1. The van der Waals surface area contributed by atoms with E-state index in [-0.39, 0.29) is 0 Å². The minimum absolute atomic E-state index is 0.739. The molecular formula is C15H27NO. The normalized spacial score (nSPS) is 30.6. The van der Waals surface area contributed by atoms with Gasteiger partial charge in [0.2, 0.25) is 0 Å². The topological polar surface area (TPSA) is 12.5 Å². The molecule has 1 aliphatic heterocycles. The van der Waals surface area contributed by atoms with Crippen molar-refractivity contribution < 1.29 is 4.74 Å². The Kier molecular flexibility index (Phi) is 4.49. The van der Waals surface area contributed by atoms with E-state index in [1.807, 2.05) is 0 Å². The fourth-order valence-corrected chi connectivity index (χ4v) is 3.23. The van der Waals surface area contributed by atoms with Crippen molar-refractivity contribution in [3.63, 3.8) is 0 Å². The van der Waals surface area contributed by atoms with E-state index in [4.69, 9.17) is 4.74 Å². The maximum absolute atomic E-state index is 5.40. The third kappa shape index (κ3) is 3.25. The third-order valence-corrected chi connectivity index (χ3v) is 4.60. The molecule has 0 radical (unpaired) electrons. The Hall–Kier alpha value is -0.500. The molecule has 0 atom stereocenters. The predicted molar refractivity (Wildman–Crippen MR) is 71.8 cm³/mol. The Bertz CT molecular complexity index is 248. The van der Waals surface area contributed by atoms with E-state index in [0.717, 1.165) is 44.1 Å². The highest BCUT2D eigenvalue weighted by atomic mass is 16.5. The summed E-state index contributed by atoms with van der Waals surface area (Å²) in [6.45, 7) is 12.9. The minimum Gasteiger partial charge on any atom is -0.378 e. The number of rotatable bonds is 3. The van der Waals surface area contributed by atoms with Crippen molar-refractivity contribution in [1.82, 2.24) is 4.90 Å². The van der Waals surface area contributed by atoms with Crippen molar-refractivity contribution in [1.29, 1.82) is 0 Å². The summed E-state index contributed by atoms with van der Waals surface area (Å²) in [4.78, 5) is 2.45. The monoisotopic (exact) mass is 237 g/mol. The van der Waals surface area contributed by atoms with Crippen molar-refractivity contribution in [2.24, 2.45) is 17.8 Å². The Morgan fingerprint density at radius 3 is 2.24 bits per heavy atom. The van der Waals surface area contributed by atoms with Gasteiger partial charge in [-0.2, -0.15) is 0 Å². The highest BCUT2D eigenvalue weighted by molar-refractivity contribution is 5.02. The van der Waals surface area contributed by atoms with Gasteiger partial charge in [0.25, 0.3) is 0 Å². The SMILES string of the molecule is C=C(C1CCC(C(C)C)CC1)N1CCOCC1. The second-order valence-electron chi connectivity index (χ2n) is 5.95. The van der Waals surface area contributed by atoms with Gasteiger partial charge in [0.05, 0.1) is 13.2 Å². The molecule has 0 bridgehead atoms. The summed E-state index contributed by atoms with van der Waals surface area (Å²) in [5.74, 6) is 2.54. The molecule has 98 valence electrons. The van der Waals surface area contributed by atoms with Crippen molar-refractivity contribution in [3.05, 3.63) is 12.3 Å². The Morgan fingerprint density at radius 1 is 1.12 bits per heavy atom. The fraction of sp³-hybridized carbons (Fsp3) is 0.867. The van der Waals surface area contributed by atoms with Gasteiger partial charge in [-0.05, 0) is 43.4 Å². The molecule has 2 rings (SSSR count). The van der Waals surface area contributed by atoms with Crippen molar-refractivity contribution in [2.75, 3.05) is 26.3 Å². The van der Waals surface area contributed by atoms with Crippen LogP contribution in [0.4, 0.5) is 0 Å². The third-order valence-electron chi connectivity index (χ3n) is 4.60. The van der Waals surface area contributed by atoms with Crippen LogP contribution >= 0.6 is 0 Å². The maximum atomic E-state index is 5.40. The first-order chi connectivity index (χ1) is 8.18. The molecule has 17 heavy (non-hydrogen) atoms. The Labute approximate surface area is 106 Å². The molecule has 0 aromatic heterocycles. The zero-order chi connectivity index (χ0) is 12.3. The first-order valence-corrected chi connectivity index (χ1v) is 7.20. The zero-order valence-electron chi connectivity index (χ0n) is 11.5. The van der Waals surface area contributed by atoms with Crippen molar-refractivity contribution >= 4 is 0 Å². The molecular weight excluding hydrogens is 210 g/mol. The number of nitrogens with zero attached hydrogens (tertiary/aromatic N) is 1. The van der Waals surface area contributed by atoms with Crippen LogP contribution in [0.5, 0.6) is 0 Å². The van der Waals surface area contributed by atoms with Gasteiger partial charge in [-0.25, -0.2) is 0 Å². The summed E-state index contributed by atoms with van der Waals surface area (Å²) >= 11 is 0. The molecule has 2 aliphatic rings. The Morgan fingerprint density at radius 2 is 1.71 bits per heavy atom. The second kappa shape index (κ2) is 5.90. The molecule has 1 heterocycles. The molecule has 0 aromatic rings. The molecule has 1 aliphatic carbocycles. The van der Waals surface area contributed by atoms with Gasteiger partial charge in [-0.15, -0.1) is 0 Å². The van der Waals surface area contributed by atoms with E-state index in [0.29, 0.717) is 0 Å². The van der Waals surface area contributed by atoms with Crippen LogP contribution in [-0.2, 0) is 4.74 Å². The number of hydrogen-bond donors (Lipinski definition) is 0. The minimum atomic E-state index is 0.739. The summed E-state index contributed by atoms with van der Waals surface area (Å²) in [5, 5.41) is 0. The van der Waals surface area contributed by atoms with E-state index in [1.165, 1.54) is 31.4 Å². The van der Waals surface area contributed by atoms with Crippen LogP contribution in [0.1, 0.15) is 39.5 Å². The van der Waals surface area contributed by atoms with E-state index >= 15 is 0 Å². The molecule has 0 spiro atoms. The van der Waals surface area contributed by atoms with E-state index < -0.39 is 0 Å². The molecule has 1 saturated heterocycles. The van der Waals surface area contributed by atoms with Crippen LogP contribution in [0, 0.1) is 17.8 Å². The molecule has 0 aromatic carbocycles. The van der Waals surface area contributed by atoms with Crippen LogP contribution in [-0.4, -0.2) is 31.2 Å². The van der Waals surface area contributed by atoms with Gasteiger partial charge in [0, 0.05) is 18.8 Å². The smallest absolute Gasteiger partial charge is 0.0642 e. The van der Waals surface area contributed by atoms with Crippen LogP contribution in [0.2, 0.25) is 0 Å². The fourth-order valence-electron chi connectivity index (χ4n) is 3.23. The van der Waals surface area contributed by atoms with Gasteiger partial charge >= 0.3 is 0 Å². The molecule has 2 fully saturated rings. The Balaban J connectivity index is 1.81. The average Bonchev–Trinajstić information content (AvgIpc) is 2.39. The van der Waals surface area contributed by atoms with Gasteiger partial charge in [-0.3, -0.25) is 0 Å². The van der Waals surface area contributed by atoms with Crippen LogP contribution < -0.4 is 0 Å². The largest absolute Gasteiger partial charge is 0.378 e. The molecule has 2 nitrogen and oxygen atoms in total. The van der Waals surface area contributed by atoms with Gasteiger partial charge in [-0.1, -0.05) is 20.4 Å². The van der Waals surface area contributed by atoms with Gasteiger partial charge in [0.1, 0.15) is 0 Å². The lowest BCUT2D eigenvalue weighted by atomic mass is 9.76. The van der Waals surface area contributed by atoms with E-state index in [9.17, 15) is 0 Å². The molecule has 0 N–H and O–H groups in total. The van der Waals surface area contributed by atoms with Crippen LogP contribution in [0.15, 0.2) is 12.3 Å². The lowest BCUT2D eigenvalue weighted by molar-refractivity contribution is 0.0458. The first-order valence-electron chi connectivity index (χ1n) is 7.20. The lowest BCUT2D eigenvalue weighted by Crippen LogP contribution is -2.38. The average molecular weight is 237 g/mol. The van der Waals surface area contributed by atoms with Crippen LogP contribution in [0.25, 0.3) is 0 Å².